The number of aliphatic hydroxyl groups excluding tert-OH is 1. The highest BCUT2D eigenvalue weighted by molar-refractivity contribution is 7.91. The first kappa shape index (κ1) is 16.7. The van der Waals surface area contributed by atoms with Gasteiger partial charge < -0.3 is 10.0 Å². The number of hydrogen-bond donors (Lipinski definition) is 1. The van der Waals surface area contributed by atoms with Crippen molar-refractivity contribution in [1.29, 1.82) is 0 Å². The number of rotatable bonds is 5. The Balaban J connectivity index is 1.98. The highest BCUT2D eigenvalue weighted by Crippen LogP contribution is 2.24. The molecule has 21 heavy (non-hydrogen) atoms. The van der Waals surface area contributed by atoms with Crippen molar-refractivity contribution in [2.24, 2.45) is 5.92 Å². The van der Waals surface area contributed by atoms with E-state index in [4.69, 9.17) is 0 Å². The lowest BCUT2D eigenvalue weighted by Crippen LogP contribution is -2.48. The van der Waals surface area contributed by atoms with Gasteiger partial charge in [-0.2, -0.15) is 0 Å². The van der Waals surface area contributed by atoms with E-state index in [-0.39, 0.29) is 42.6 Å². The van der Waals surface area contributed by atoms with Crippen LogP contribution in [0.1, 0.15) is 26.7 Å². The number of amides is 1. The lowest BCUT2D eigenvalue weighted by Gasteiger charge is -2.31. The van der Waals surface area contributed by atoms with Crippen LogP contribution in [0, 0.1) is 5.92 Å². The van der Waals surface area contributed by atoms with E-state index in [2.05, 4.69) is 6.92 Å². The Morgan fingerprint density at radius 1 is 1.38 bits per heavy atom. The minimum Gasteiger partial charge on any atom is -0.395 e. The summed E-state index contributed by atoms with van der Waals surface area (Å²) in [4.78, 5) is 16.2. The second-order valence-electron chi connectivity index (χ2n) is 6.22. The highest BCUT2D eigenvalue weighted by atomic mass is 32.2. The molecule has 0 spiro atoms. The molecule has 2 heterocycles. The Morgan fingerprint density at radius 3 is 2.62 bits per heavy atom. The third-order valence-electron chi connectivity index (χ3n) is 4.83. The Labute approximate surface area is 127 Å². The van der Waals surface area contributed by atoms with Crippen LogP contribution < -0.4 is 0 Å². The first-order valence-electron chi connectivity index (χ1n) is 7.72. The number of nitrogens with zero attached hydrogens (tertiary/aromatic N) is 2. The van der Waals surface area contributed by atoms with E-state index in [9.17, 15) is 18.3 Å². The largest absolute Gasteiger partial charge is 0.395 e. The number of likely N-dealkylation sites (tertiary alicyclic amines) is 1. The summed E-state index contributed by atoms with van der Waals surface area (Å²) >= 11 is 0. The van der Waals surface area contributed by atoms with Crippen molar-refractivity contribution in [2.45, 2.75) is 38.8 Å². The van der Waals surface area contributed by atoms with Crippen LogP contribution in [0.5, 0.6) is 0 Å². The smallest absolute Gasteiger partial charge is 0.237 e. The van der Waals surface area contributed by atoms with Gasteiger partial charge in [-0.1, -0.05) is 6.92 Å². The molecule has 0 aromatic rings. The van der Waals surface area contributed by atoms with Gasteiger partial charge in [-0.3, -0.25) is 9.69 Å². The number of likely N-dealkylation sites (N-methyl/N-ethyl adjacent to an activating group) is 1. The number of carbonyl (C=O) groups excluding carboxylic acids is 1. The maximum Gasteiger partial charge on any atom is 0.237 e. The number of hydrogen-bond acceptors (Lipinski definition) is 5. The zero-order valence-corrected chi connectivity index (χ0v) is 13.7. The Morgan fingerprint density at radius 2 is 2.10 bits per heavy atom. The molecule has 0 aromatic carbocycles. The summed E-state index contributed by atoms with van der Waals surface area (Å²) in [6.45, 7) is 5.68. The molecule has 7 heteroatoms. The Kier molecular flexibility index (Phi) is 5.27. The summed E-state index contributed by atoms with van der Waals surface area (Å²) in [5, 5.41) is 9.45. The fourth-order valence-electron chi connectivity index (χ4n) is 3.50. The van der Waals surface area contributed by atoms with Gasteiger partial charge in [0.05, 0.1) is 24.7 Å². The van der Waals surface area contributed by atoms with Gasteiger partial charge >= 0.3 is 0 Å². The van der Waals surface area contributed by atoms with Crippen LogP contribution >= 0.6 is 0 Å². The fourth-order valence-corrected chi connectivity index (χ4v) is 5.23. The van der Waals surface area contributed by atoms with E-state index < -0.39 is 9.84 Å². The molecule has 3 atom stereocenters. The zero-order chi connectivity index (χ0) is 15.6. The van der Waals surface area contributed by atoms with E-state index >= 15 is 0 Å². The third-order valence-corrected chi connectivity index (χ3v) is 6.58. The monoisotopic (exact) mass is 318 g/mol. The summed E-state index contributed by atoms with van der Waals surface area (Å²) in [5.41, 5.74) is 0. The lowest BCUT2D eigenvalue weighted by molar-refractivity contribution is -0.134. The van der Waals surface area contributed by atoms with Crippen molar-refractivity contribution >= 4 is 15.7 Å². The van der Waals surface area contributed by atoms with Gasteiger partial charge in [0.25, 0.3) is 0 Å². The molecular weight excluding hydrogens is 292 g/mol. The van der Waals surface area contributed by atoms with E-state index in [0.717, 1.165) is 13.0 Å². The fraction of sp³-hybridized carbons (Fsp3) is 0.929. The molecule has 2 rings (SSSR count). The van der Waals surface area contributed by atoms with Gasteiger partial charge in [-0.05, 0) is 32.2 Å². The molecule has 3 unspecified atom stereocenters. The minimum atomic E-state index is -2.98. The molecule has 0 aromatic heterocycles. The average Bonchev–Trinajstić information content (AvgIpc) is 2.94. The summed E-state index contributed by atoms with van der Waals surface area (Å²) in [6, 6.07) is -0.139. The number of aliphatic hydroxyl groups is 1. The normalized spacial score (nSPS) is 32.4. The van der Waals surface area contributed by atoms with Gasteiger partial charge in [0.15, 0.2) is 9.84 Å². The van der Waals surface area contributed by atoms with Crippen molar-refractivity contribution in [3.8, 4) is 0 Å². The van der Waals surface area contributed by atoms with E-state index in [0.29, 0.717) is 18.9 Å². The van der Waals surface area contributed by atoms with Crippen molar-refractivity contribution < 1.29 is 18.3 Å². The van der Waals surface area contributed by atoms with Crippen LogP contribution in [0.2, 0.25) is 0 Å². The molecular formula is C14H26N2O4S. The molecule has 2 aliphatic rings. The quantitative estimate of drug-likeness (QED) is 0.755. The number of carbonyl (C=O) groups is 1. The Bertz CT molecular complexity index is 479. The number of sulfone groups is 1. The molecule has 0 radical (unpaired) electrons. The maximum absolute atomic E-state index is 12.5. The molecule has 1 amide bonds. The van der Waals surface area contributed by atoms with Gasteiger partial charge in [0.1, 0.15) is 0 Å². The summed E-state index contributed by atoms with van der Waals surface area (Å²) in [5.74, 6) is 0.644. The minimum absolute atomic E-state index is 0.0212. The third kappa shape index (κ3) is 3.76. The van der Waals surface area contributed by atoms with Gasteiger partial charge in [0.2, 0.25) is 5.91 Å². The van der Waals surface area contributed by atoms with Gasteiger partial charge in [0, 0.05) is 18.6 Å². The van der Waals surface area contributed by atoms with E-state index in [1.807, 2.05) is 11.8 Å². The second-order valence-corrected chi connectivity index (χ2v) is 8.45. The first-order chi connectivity index (χ1) is 9.88. The summed E-state index contributed by atoms with van der Waals surface area (Å²) in [7, 11) is -2.98. The molecule has 2 aliphatic heterocycles. The maximum atomic E-state index is 12.5. The van der Waals surface area contributed by atoms with E-state index in [1.165, 1.54) is 0 Å². The average molecular weight is 318 g/mol. The predicted octanol–water partition coefficient (Wildman–Crippen LogP) is -0.275. The standard InChI is InChI=1S/C14H26N2O4S/c1-3-16(12-5-7-21(19,20)10-12)14(18)8-15-6-4-11(2)13(15)9-17/h11-13,17H,3-10H2,1-2H3. The van der Waals surface area contributed by atoms with Crippen LogP contribution in [0.3, 0.4) is 0 Å². The molecule has 2 fully saturated rings. The van der Waals surface area contributed by atoms with Crippen LogP contribution in [0.25, 0.3) is 0 Å². The first-order valence-corrected chi connectivity index (χ1v) is 9.55. The van der Waals surface area contributed by atoms with Crippen LogP contribution in [0.15, 0.2) is 0 Å². The van der Waals surface area contributed by atoms with Crippen molar-refractivity contribution in [1.82, 2.24) is 9.80 Å². The SMILES string of the molecule is CCN(C(=O)CN1CCC(C)C1CO)C1CCS(=O)(=O)C1. The molecule has 1 N–H and O–H groups in total. The summed E-state index contributed by atoms with van der Waals surface area (Å²) in [6.07, 6.45) is 1.53. The van der Waals surface area contributed by atoms with Crippen LogP contribution in [0.4, 0.5) is 0 Å². The molecule has 0 saturated carbocycles. The van der Waals surface area contributed by atoms with Gasteiger partial charge in [-0.15, -0.1) is 0 Å². The van der Waals surface area contributed by atoms with E-state index in [1.54, 1.807) is 4.90 Å². The Hall–Kier alpha value is -0.660. The van der Waals surface area contributed by atoms with Crippen molar-refractivity contribution in [3.63, 3.8) is 0 Å². The van der Waals surface area contributed by atoms with Crippen LogP contribution in [-0.4, -0.2) is 79.1 Å². The highest BCUT2D eigenvalue weighted by Gasteiger charge is 2.36. The topological polar surface area (TPSA) is 77.9 Å². The summed E-state index contributed by atoms with van der Waals surface area (Å²) < 4.78 is 23.2. The molecule has 122 valence electrons. The predicted molar refractivity (Wildman–Crippen MR) is 80.7 cm³/mol. The second kappa shape index (κ2) is 6.62. The molecule has 0 aliphatic carbocycles. The van der Waals surface area contributed by atoms with Crippen molar-refractivity contribution in [2.75, 3.05) is 37.7 Å². The van der Waals surface area contributed by atoms with Crippen LogP contribution in [-0.2, 0) is 14.6 Å². The molecule has 6 nitrogen and oxygen atoms in total. The van der Waals surface area contributed by atoms with Crippen molar-refractivity contribution in [3.05, 3.63) is 0 Å². The molecule has 2 saturated heterocycles. The molecule has 0 bridgehead atoms. The lowest BCUT2D eigenvalue weighted by atomic mass is 10.0. The zero-order valence-electron chi connectivity index (χ0n) is 12.9. The van der Waals surface area contributed by atoms with Gasteiger partial charge in [-0.25, -0.2) is 8.42 Å².